The maximum absolute atomic E-state index is 9.68. The molecule has 1 aromatic carbocycles. The number of thiol groups is 1. The van der Waals surface area contributed by atoms with E-state index in [-0.39, 0.29) is 0 Å². The first-order valence-corrected chi connectivity index (χ1v) is 5.17. The van der Waals surface area contributed by atoms with Crippen molar-refractivity contribution >= 4 is 12.6 Å². The molecule has 0 aliphatic carbocycles. The highest BCUT2D eigenvalue weighted by atomic mass is 32.1. The van der Waals surface area contributed by atoms with Gasteiger partial charge in [-0.05, 0) is 42.7 Å². The van der Waals surface area contributed by atoms with Gasteiger partial charge >= 0.3 is 0 Å². The van der Waals surface area contributed by atoms with Gasteiger partial charge in [0, 0.05) is 5.75 Å². The van der Waals surface area contributed by atoms with Crippen molar-refractivity contribution in [2.45, 2.75) is 20.0 Å². The van der Waals surface area contributed by atoms with E-state index in [0.717, 1.165) is 22.4 Å². The van der Waals surface area contributed by atoms with Crippen LogP contribution in [0.3, 0.4) is 0 Å². The van der Waals surface area contributed by atoms with Crippen LogP contribution in [0.15, 0.2) is 12.1 Å². The minimum atomic E-state index is -0.497. The fourth-order valence-electron chi connectivity index (χ4n) is 1.49. The summed E-state index contributed by atoms with van der Waals surface area (Å²) in [4.78, 5) is 0. The summed E-state index contributed by atoms with van der Waals surface area (Å²) in [6, 6.07) is 3.90. The van der Waals surface area contributed by atoms with Gasteiger partial charge in [0.25, 0.3) is 0 Å². The van der Waals surface area contributed by atoms with Gasteiger partial charge in [-0.3, -0.25) is 0 Å². The standard InChI is InChI=1S/C11H16O2S/c1-7-5-11(13-3)8(2)4-9(7)10(12)6-14/h4-5,10,12,14H,6H2,1-3H3. The molecule has 78 valence electrons. The molecule has 1 atom stereocenters. The van der Waals surface area contributed by atoms with Crippen molar-refractivity contribution in [3.05, 3.63) is 28.8 Å². The number of methoxy groups -OCH3 is 1. The molecule has 0 heterocycles. The van der Waals surface area contributed by atoms with E-state index in [4.69, 9.17) is 4.74 Å². The van der Waals surface area contributed by atoms with E-state index in [1.54, 1.807) is 7.11 Å². The second-order valence-electron chi connectivity index (χ2n) is 3.38. The summed E-state index contributed by atoms with van der Waals surface area (Å²) in [6.45, 7) is 3.93. The Bertz CT molecular complexity index is 323. The van der Waals surface area contributed by atoms with Crippen molar-refractivity contribution in [3.8, 4) is 5.75 Å². The molecule has 1 aromatic rings. The average molecular weight is 212 g/mol. The lowest BCUT2D eigenvalue weighted by Gasteiger charge is -2.14. The first-order chi connectivity index (χ1) is 6.60. The molecule has 1 N–H and O–H groups in total. The number of ether oxygens (including phenoxy) is 1. The van der Waals surface area contributed by atoms with Crippen LogP contribution in [0, 0.1) is 13.8 Å². The van der Waals surface area contributed by atoms with Gasteiger partial charge in [-0.15, -0.1) is 0 Å². The maximum Gasteiger partial charge on any atom is 0.122 e. The molecule has 14 heavy (non-hydrogen) atoms. The van der Waals surface area contributed by atoms with Crippen LogP contribution >= 0.6 is 12.6 Å². The zero-order chi connectivity index (χ0) is 10.7. The largest absolute Gasteiger partial charge is 0.496 e. The summed E-state index contributed by atoms with van der Waals surface area (Å²) in [5.41, 5.74) is 3.00. The Labute approximate surface area is 90.3 Å². The van der Waals surface area contributed by atoms with Crippen molar-refractivity contribution in [2.24, 2.45) is 0 Å². The van der Waals surface area contributed by atoms with Gasteiger partial charge in [0.1, 0.15) is 5.75 Å². The third-order valence-corrected chi connectivity index (χ3v) is 2.66. The molecule has 0 aliphatic rings. The van der Waals surface area contributed by atoms with Crippen molar-refractivity contribution < 1.29 is 9.84 Å². The number of rotatable bonds is 3. The summed E-state index contributed by atoms with van der Waals surface area (Å²) in [5, 5.41) is 9.68. The minimum Gasteiger partial charge on any atom is -0.496 e. The normalized spacial score (nSPS) is 12.6. The van der Waals surface area contributed by atoms with Gasteiger partial charge in [-0.1, -0.05) is 0 Å². The third kappa shape index (κ3) is 2.22. The molecule has 0 radical (unpaired) electrons. The first kappa shape index (κ1) is 11.4. The van der Waals surface area contributed by atoms with E-state index in [2.05, 4.69) is 12.6 Å². The molecule has 3 heteroatoms. The molecular formula is C11H16O2S. The highest BCUT2D eigenvalue weighted by molar-refractivity contribution is 7.80. The average Bonchev–Trinajstić information content (AvgIpc) is 2.19. The summed E-state index contributed by atoms with van der Waals surface area (Å²) in [6.07, 6.45) is -0.497. The fraction of sp³-hybridized carbons (Fsp3) is 0.455. The van der Waals surface area contributed by atoms with Crippen LogP contribution in [0.25, 0.3) is 0 Å². The van der Waals surface area contributed by atoms with E-state index < -0.39 is 6.10 Å². The lowest BCUT2D eigenvalue weighted by molar-refractivity contribution is 0.203. The molecule has 1 unspecified atom stereocenters. The lowest BCUT2D eigenvalue weighted by Crippen LogP contribution is -2.02. The van der Waals surface area contributed by atoms with Crippen LogP contribution in [0.4, 0.5) is 0 Å². The number of aryl methyl sites for hydroxylation is 2. The minimum absolute atomic E-state index is 0.437. The number of hydrogen-bond acceptors (Lipinski definition) is 3. The van der Waals surface area contributed by atoms with Crippen LogP contribution in [-0.4, -0.2) is 18.0 Å². The molecule has 0 amide bonds. The van der Waals surface area contributed by atoms with Crippen molar-refractivity contribution in [1.82, 2.24) is 0 Å². The molecule has 0 aliphatic heterocycles. The summed E-state index contributed by atoms with van der Waals surface area (Å²) >= 11 is 4.08. The van der Waals surface area contributed by atoms with Crippen molar-refractivity contribution in [2.75, 3.05) is 12.9 Å². The van der Waals surface area contributed by atoms with E-state index >= 15 is 0 Å². The van der Waals surface area contributed by atoms with E-state index in [1.165, 1.54) is 0 Å². The summed E-state index contributed by atoms with van der Waals surface area (Å²) < 4.78 is 5.19. The smallest absolute Gasteiger partial charge is 0.122 e. The SMILES string of the molecule is COc1cc(C)c(C(O)CS)cc1C. The third-order valence-electron chi connectivity index (χ3n) is 2.32. The highest BCUT2D eigenvalue weighted by Crippen LogP contribution is 2.26. The van der Waals surface area contributed by atoms with Gasteiger partial charge in [-0.2, -0.15) is 12.6 Å². The first-order valence-electron chi connectivity index (χ1n) is 4.54. The van der Waals surface area contributed by atoms with Gasteiger partial charge in [0.2, 0.25) is 0 Å². The molecule has 0 aromatic heterocycles. The number of aliphatic hydroxyl groups is 1. The Morgan fingerprint density at radius 1 is 1.36 bits per heavy atom. The predicted octanol–water partition coefficient (Wildman–Crippen LogP) is 2.28. The Morgan fingerprint density at radius 3 is 2.50 bits per heavy atom. The van der Waals surface area contributed by atoms with Gasteiger partial charge < -0.3 is 9.84 Å². The van der Waals surface area contributed by atoms with Crippen LogP contribution < -0.4 is 4.74 Å². The monoisotopic (exact) mass is 212 g/mol. The molecule has 0 fully saturated rings. The second kappa shape index (κ2) is 4.71. The van der Waals surface area contributed by atoms with E-state index in [0.29, 0.717) is 5.75 Å². The number of benzene rings is 1. The van der Waals surface area contributed by atoms with Crippen LogP contribution in [-0.2, 0) is 0 Å². The Balaban J connectivity index is 3.14. The quantitative estimate of drug-likeness (QED) is 0.753. The van der Waals surface area contributed by atoms with Gasteiger partial charge in [0.05, 0.1) is 13.2 Å². The predicted molar refractivity (Wildman–Crippen MR) is 61.3 cm³/mol. The van der Waals surface area contributed by atoms with E-state index in [9.17, 15) is 5.11 Å². The molecule has 0 bridgehead atoms. The molecule has 2 nitrogen and oxygen atoms in total. The number of hydrogen-bond donors (Lipinski definition) is 2. The topological polar surface area (TPSA) is 29.5 Å². The Kier molecular flexibility index (Phi) is 3.84. The molecule has 0 spiro atoms. The van der Waals surface area contributed by atoms with Crippen LogP contribution in [0.5, 0.6) is 5.75 Å². The van der Waals surface area contributed by atoms with E-state index in [1.807, 2.05) is 26.0 Å². The van der Waals surface area contributed by atoms with Crippen LogP contribution in [0.1, 0.15) is 22.8 Å². The lowest BCUT2D eigenvalue weighted by atomic mass is 10.0. The van der Waals surface area contributed by atoms with Crippen molar-refractivity contribution in [3.63, 3.8) is 0 Å². The molecule has 0 saturated heterocycles. The molecule has 0 saturated carbocycles. The zero-order valence-corrected chi connectivity index (χ0v) is 9.64. The summed E-state index contributed by atoms with van der Waals surface area (Å²) in [7, 11) is 1.65. The van der Waals surface area contributed by atoms with Crippen molar-refractivity contribution in [1.29, 1.82) is 0 Å². The number of aliphatic hydroxyl groups excluding tert-OH is 1. The zero-order valence-electron chi connectivity index (χ0n) is 8.74. The Morgan fingerprint density at radius 2 is 2.00 bits per heavy atom. The Hall–Kier alpha value is -0.670. The summed E-state index contributed by atoms with van der Waals surface area (Å²) in [5.74, 6) is 1.30. The fourth-order valence-corrected chi connectivity index (χ4v) is 1.69. The van der Waals surface area contributed by atoms with Gasteiger partial charge in [0.15, 0.2) is 0 Å². The van der Waals surface area contributed by atoms with Gasteiger partial charge in [-0.25, -0.2) is 0 Å². The molecular weight excluding hydrogens is 196 g/mol. The second-order valence-corrected chi connectivity index (χ2v) is 3.74. The highest BCUT2D eigenvalue weighted by Gasteiger charge is 2.11. The van der Waals surface area contributed by atoms with Crippen LogP contribution in [0.2, 0.25) is 0 Å². The molecule has 1 rings (SSSR count). The maximum atomic E-state index is 9.68.